The van der Waals surface area contributed by atoms with E-state index in [1.165, 1.54) is 0 Å². The first-order valence-corrected chi connectivity index (χ1v) is 6.37. The van der Waals surface area contributed by atoms with Crippen molar-refractivity contribution in [3.05, 3.63) is 0 Å². The first kappa shape index (κ1) is 14.0. The Balaban J connectivity index is 2.00. The van der Waals surface area contributed by atoms with Crippen molar-refractivity contribution in [1.82, 2.24) is 5.32 Å². The highest BCUT2D eigenvalue weighted by molar-refractivity contribution is 5.78. The third-order valence-corrected chi connectivity index (χ3v) is 3.28. The molecule has 0 aromatic rings. The highest BCUT2D eigenvalue weighted by Crippen LogP contribution is 2.24. The highest BCUT2D eigenvalue weighted by atomic mass is 16.4. The summed E-state index contributed by atoms with van der Waals surface area (Å²) in [5.74, 6) is -0.596. The summed E-state index contributed by atoms with van der Waals surface area (Å²) in [4.78, 5) is 22.1. The number of amides is 1. The van der Waals surface area contributed by atoms with E-state index in [0.717, 1.165) is 38.5 Å². The summed E-state index contributed by atoms with van der Waals surface area (Å²) in [5, 5.41) is 11.5. The van der Waals surface area contributed by atoms with Crippen LogP contribution in [0, 0.1) is 5.92 Å². The number of carbonyl (C=O) groups is 2. The fraction of sp³-hybridized carbons (Fsp3) is 0.833. The Morgan fingerprint density at radius 3 is 2.53 bits per heavy atom. The lowest BCUT2D eigenvalue weighted by atomic mass is 10.1. The Bertz CT molecular complexity index is 262. The summed E-state index contributed by atoms with van der Waals surface area (Å²) >= 11 is 0. The summed E-state index contributed by atoms with van der Waals surface area (Å²) in [5.41, 5.74) is 5.37. The molecule has 0 aliphatic heterocycles. The zero-order valence-corrected chi connectivity index (χ0v) is 10.2. The summed E-state index contributed by atoms with van der Waals surface area (Å²) in [6.07, 6.45) is 6.33. The molecular weight excluding hydrogens is 220 g/mol. The smallest absolute Gasteiger partial charge is 0.320 e. The van der Waals surface area contributed by atoms with Gasteiger partial charge in [0.15, 0.2) is 0 Å². The molecule has 1 aliphatic rings. The van der Waals surface area contributed by atoms with Crippen LogP contribution in [-0.2, 0) is 9.59 Å². The zero-order chi connectivity index (χ0) is 12.7. The Hall–Kier alpha value is -1.10. The number of carboxylic acid groups (broad SMARTS) is 1. The summed E-state index contributed by atoms with van der Waals surface area (Å²) in [7, 11) is 0. The van der Waals surface area contributed by atoms with Gasteiger partial charge < -0.3 is 16.2 Å². The summed E-state index contributed by atoms with van der Waals surface area (Å²) < 4.78 is 0. The molecule has 1 saturated carbocycles. The van der Waals surface area contributed by atoms with Gasteiger partial charge in [0, 0.05) is 12.5 Å². The Labute approximate surface area is 102 Å². The van der Waals surface area contributed by atoms with Crippen LogP contribution < -0.4 is 11.1 Å². The maximum atomic E-state index is 11.6. The number of rotatable bonds is 7. The van der Waals surface area contributed by atoms with Crippen LogP contribution in [0.5, 0.6) is 0 Å². The molecule has 1 aliphatic carbocycles. The van der Waals surface area contributed by atoms with Gasteiger partial charge in [-0.3, -0.25) is 9.59 Å². The topological polar surface area (TPSA) is 92.4 Å². The summed E-state index contributed by atoms with van der Waals surface area (Å²) in [6.45, 7) is 0.627. The minimum atomic E-state index is -0.958. The fourth-order valence-electron chi connectivity index (χ4n) is 2.16. The molecule has 0 bridgehead atoms. The van der Waals surface area contributed by atoms with E-state index >= 15 is 0 Å². The quantitative estimate of drug-likeness (QED) is 0.578. The van der Waals surface area contributed by atoms with Crippen molar-refractivity contribution in [2.24, 2.45) is 11.7 Å². The normalized spacial score (nSPS) is 17.9. The molecule has 5 nitrogen and oxygen atoms in total. The monoisotopic (exact) mass is 242 g/mol. The van der Waals surface area contributed by atoms with E-state index in [2.05, 4.69) is 5.32 Å². The molecule has 0 spiro atoms. The number of aliphatic carboxylic acids is 1. The predicted molar refractivity (Wildman–Crippen MR) is 64.4 cm³/mol. The molecule has 4 N–H and O–H groups in total. The van der Waals surface area contributed by atoms with Crippen LogP contribution in [0.4, 0.5) is 0 Å². The average molecular weight is 242 g/mol. The van der Waals surface area contributed by atoms with Gasteiger partial charge in [0.25, 0.3) is 0 Å². The Morgan fingerprint density at radius 2 is 1.94 bits per heavy atom. The van der Waals surface area contributed by atoms with Gasteiger partial charge in [-0.25, -0.2) is 0 Å². The van der Waals surface area contributed by atoms with Crippen LogP contribution in [0.1, 0.15) is 44.9 Å². The molecule has 0 unspecified atom stereocenters. The van der Waals surface area contributed by atoms with Gasteiger partial charge >= 0.3 is 5.97 Å². The molecule has 98 valence electrons. The van der Waals surface area contributed by atoms with E-state index in [-0.39, 0.29) is 11.8 Å². The lowest BCUT2D eigenvalue weighted by molar-refractivity contribution is -0.138. The molecule has 1 rings (SSSR count). The molecular formula is C12H22N2O3. The van der Waals surface area contributed by atoms with Crippen LogP contribution in [0.25, 0.3) is 0 Å². The molecule has 0 heterocycles. The molecule has 0 radical (unpaired) electrons. The van der Waals surface area contributed by atoms with Crippen LogP contribution in [0.3, 0.4) is 0 Å². The first-order valence-electron chi connectivity index (χ1n) is 6.37. The average Bonchev–Trinajstić information content (AvgIpc) is 2.81. The van der Waals surface area contributed by atoms with Gasteiger partial charge in [-0.1, -0.05) is 12.8 Å². The van der Waals surface area contributed by atoms with E-state index in [4.69, 9.17) is 10.8 Å². The standard InChI is InChI=1S/C12H22N2O3/c13-10(12(16)17)7-3-4-8-14-11(15)9-5-1-2-6-9/h9-10H,1-8,13H2,(H,14,15)(H,16,17)/t10-/m0/s1. The Kier molecular flexibility index (Phi) is 5.97. The summed E-state index contributed by atoms with van der Waals surface area (Å²) in [6, 6.07) is -0.777. The molecule has 0 aromatic carbocycles. The van der Waals surface area contributed by atoms with Gasteiger partial charge in [0.2, 0.25) is 5.91 Å². The van der Waals surface area contributed by atoms with Crippen molar-refractivity contribution in [2.45, 2.75) is 51.0 Å². The molecule has 1 fully saturated rings. The van der Waals surface area contributed by atoms with Gasteiger partial charge in [-0.2, -0.15) is 0 Å². The van der Waals surface area contributed by atoms with Crippen LogP contribution in [-0.4, -0.2) is 29.6 Å². The zero-order valence-electron chi connectivity index (χ0n) is 10.2. The second-order valence-electron chi connectivity index (χ2n) is 4.71. The Morgan fingerprint density at radius 1 is 1.29 bits per heavy atom. The van der Waals surface area contributed by atoms with Gasteiger partial charge in [0.05, 0.1) is 0 Å². The minimum Gasteiger partial charge on any atom is -0.480 e. The SMILES string of the molecule is N[C@@H](CCCCNC(=O)C1CCCC1)C(=O)O. The number of carboxylic acids is 1. The molecule has 5 heteroatoms. The second kappa shape index (κ2) is 7.27. The molecule has 17 heavy (non-hydrogen) atoms. The van der Waals surface area contributed by atoms with E-state index < -0.39 is 12.0 Å². The lowest BCUT2D eigenvalue weighted by Crippen LogP contribution is -2.31. The van der Waals surface area contributed by atoms with Crippen molar-refractivity contribution >= 4 is 11.9 Å². The van der Waals surface area contributed by atoms with Crippen LogP contribution in [0.15, 0.2) is 0 Å². The number of hydrogen-bond acceptors (Lipinski definition) is 3. The number of hydrogen-bond donors (Lipinski definition) is 3. The maximum Gasteiger partial charge on any atom is 0.320 e. The number of carbonyl (C=O) groups excluding carboxylic acids is 1. The van der Waals surface area contributed by atoms with E-state index in [0.29, 0.717) is 13.0 Å². The van der Waals surface area contributed by atoms with Crippen LogP contribution in [0.2, 0.25) is 0 Å². The van der Waals surface area contributed by atoms with Crippen molar-refractivity contribution in [3.63, 3.8) is 0 Å². The van der Waals surface area contributed by atoms with Gasteiger partial charge in [0.1, 0.15) is 6.04 Å². The van der Waals surface area contributed by atoms with Gasteiger partial charge in [-0.15, -0.1) is 0 Å². The second-order valence-corrected chi connectivity index (χ2v) is 4.71. The van der Waals surface area contributed by atoms with Crippen LogP contribution >= 0.6 is 0 Å². The lowest BCUT2D eigenvalue weighted by Gasteiger charge is -2.10. The van der Waals surface area contributed by atoms with Crippen molar-refractivity contribution < 1.29 is 14.7 Å². The third kappa shape index (κ3) is 5.17. The fourth-order valence-corrected chi connectivity index (χ4v) is 2.16. The predicted octanol–water partition coefficient (Wildman–Crippen LogP) is 0.875. The van der Waals surface area contributed by atoms with Crippen molar-refractivity contribution in [3.8, 4) is 0 Å². The van der Waals surface area contributed by atoms with Gasteiger partial charge in [-0.05, 0) is 32.1 Å². The van der Waals surface area contributed by atoms with Crippen molar-refractivity contribution in [2.75, 3.05) is 6.54 Å². The van der Waals surface area contributed by atoms with E-state index in [1.54, 1.807) is 0 Å². The molecule has 0 saturated heterocycles. The largest absolute Gasteiger partial charge is 0.480 e. The number of unbranched alkanes of at least 4 members (excludes halogenated alkanes) is 1. The highest BCUT2D eigenvalue weighted by Gasteiger charge is 2.21. The number of nitrogens with two attached hydrogens (primary N) is 1. The first-order chi connectivity index (χ1) is 8.11. The number of nitrogens with one attached hydrogen (secondary N) is 1. The van der Waals surface area contributed by atoms with E-state index in [9.17, 15) is 9.59 Å². The minimum absolute atomic E-state index is 0.157. The van der Waals surface area contributed by atoms with E-state index in [1.807, 2.05) is 0 Å². The molecule has 0 aromatic heterocycles. The maximum absolute atomic E-state index is 11.6. The molecule has 1 amide bonds. The third-order valence-electron chi connectivity index (χ3n) is 3.28. The molecule has 1 atom stereocenters. The van der Waals surface area contributed by atoms with Crippen molar-refractivity contribution in [1.29, 1.82) is 0 Å².